The summed E-state index contributed by atoms with van der Waals surface area (Å²) < 4.78 is 16.3. The summed E-state index contributed by atoms with van der Waals surface area (Å²) in [7, 11) is 3.53. The fourth-order valence-corrected chi connectivity index (χ4v) is 8.25. The minimum atomic E-state index is -0.514. The van der Waals surface area contributed by atoms with Crippen molar-refractivity contribution >= 4 is 21.8 Å². The molecule has 1 N–H and O–H groups in total. The van der Waals surface area contributed by atoms with E-state index in [4.69, 9.17) is 9.47 Å². The van der Waals surface area contributed by atoms with E-state index in [1.165, 1.54) is 88.5 Å². The van der Waals surface area contributed by atoms with Crippen molar-refractivity contribution in [1.29, 1.82) is 0 Å². The zero-order valence-corrected chi connectivity index (χ0v) is 29.6. The lowest BCUT2D eigenvalue weighted by Crippen LogP contribution is -2.11. The van der Waals surface area contributed by atoms with Gasteiger partial charge in [0.15, 0.2) is 0 Å². The van der Waals surface area contributed by atoms with Crippen molar-refractivity contribution in [2.45, 2.75) is 90.8 Å². The molecule has 6 aromatic rings. The number of fused-ring (bicyclic) bond motifs is 6. The Labute approximate surface area is 291 Å². The number of aliphatic hydroxyl groups excluding tert-OH is 1. The maximum atomic E-state index is 10.4. The monoisotopic (exact) mass is 654 g/mol. The third-order valence-corrected chi connectivity index (χ3v) is 10.6. The topological polar surface area (TPSA) is 48.6 Å². The van der Waals surface area contributed by atoms with Gasteiger partial charge in [0.25, 0.3) is 0 Å². The van der Waals surface area contributed by atoms with Crippen molar-refractivity contribution < 1.29 is 14.6 Å². The van der Waals surface area contributed by atoms with Crippen LogP contribution in [0.5, 0.6) is 11.5 Å². The Morgan fingerprint density at radius 3 is 1.59 bits per heavy atom. The Bertz CT molecular complexity index is 2050. The molecule has 1 unspecified atom stereocenters. The molecule has 0 spiro atoms. The van der Waals surface area contributed by atoms with Crippen molar-refractivity contribution in [1.82, 2.24) is 9.13 Å². The molecule has 2 aromatic heterocycles. The van der Waals surface area contributed by atoms with Gasteiger partial charge in [-0.25, -0.2) is 0 Å². The second-order valence-corrected chi connectivity index (χ2v) is 13.7. The molecule has 2 heterocycles. The standard InChI is InChI=1S/C22H25NO2.C22H25NO/c1-15(24)20-13-19-21(25-2)12-17-10-6-7-11-18(17)22(19)23(20)14-16-8-4-3-5-9-16;1-3-18-14-20-21(24-2)13-17-11-7-8-12-19(17)22(20)23(18)15-16-9-5-4-6-10-16/h3-5,8-9,12-13,15,24H,6-7,10-11,14H2,1-2H3;4-6,9-10,13-14H,3,7-8,11-12,15H2,1-2H3. The molecule has 0 aliphatic heterocycles. The number of aryl methyl sites for hydroxylation is 5. The quantitative estimate of drug-likeness (QED) is 0.178. The number of hydrogen-bond acceptors (Lipinski definition) is 3. The molecule has 0 saturated heterocycles. The van der Waals surface area contributed by atoms with E-state index in [0.29, 0.717) is 0 Å². The van der Waals surface area contributed by atoms with Crippen LogP contribution < -0.4 is 9.47 Å². The molecular formula is C44H50N2O3. The number of nitrogens with zero attached hydrogens (tertiary/aromatic N) is 2. The summed E-state index contributed by atoms with van der Waals surface area (Å²) in [5.74, 6) is 1.96. The molecule has 2 aliphatic rings. The van der Waals surface area contributed by atoms with E-state index in [1.54, 1.807) is 19.8 Å². The highest BCUT2D eigenvalue weighted by Crippen LogP contribution is 2.40. The molecule has 49 heavy (non-hydrogen) atoms. The normalized spacial score (nSPS) is 14.6. The van der Waals surface area contributed by atoms with Crippen LogP contribution in [-0.4, -0.2) is 28.5 Å². The van der Waals surface area contributed by atoms with E-state index in [2.05, 4.69) is 94.9 Å². The van der Waals surface area contributed by atoms with Gasteiger partial charge in [0.1, 0.15) is 11.5 Å². The molecule has 1 atom stereocenters. The van der Waals surface area contributed by atoms with E-state index in [0.717, 1.165) is 54.9 Å². The number of ether oxygens (including phenoxy) is 2. The van der Waals surface area contributed by atoms with E-state index in [1.807, 2.05) is 13.0 Å². The van der Waals surface area contributed by atoms with Crippen molar-refractivity contribution in [3.8, 4) is 11.5 Å². The van der Waals surface area contributed by atoms with Gasteiger partial charge in [-0.3, -0.25) is 0 Å². The number of aliphatic hydroxyl groups is 1. The SMILES string of the molecule is CCc1cc2c(OC)cc3c(c2n1Cc1ccccc1)CCCC3.COc1cc2c(c3c1cc(C(C)O)n3Cc1ccccc1)CCCC2. The molecule has 254 valence electrons. The number of aromatic nitrogens is 2. The van der Waals surface area contributed by atoms with E-state index in [9.17, 15) is 5.11 Å². The summed E-state index contributed by atoms with van der Waals surface area (Å²) in [6, 6.07) is 30.2. The zero-order valence-electron chi connectivity index (χ0n) is 29.6. The third-order valence-electron chi connectivity index (χ3n) is 10.6. The van der Waals surface area contributed by atoms with Crippen molar-refractivity contribution in [3.05, 3.63) is 130 Å². The van der Waals surface area contributed by atoms with Crippen molar-refractivity contribution in [2.24, 2.45) is 0 Å². The number of rotatable bonds is 8. The zero-order chi connectivity index (χ0) is 33.9. The minimum absolute atomic E-state index is 0.514. The van der Waals surface area contributed by atoms with Gasteiger partial charge in [0.2, 0.25) is 0 Å². The molecule has 5 nitrogen and oxygen atoms in total. The highest BCUT2D eigenvalue weighted by atomic mass is 16.5. The third kappa shape index (κ3) is 6.49. The molecular weight excluding hydrogens is 604 g/mol. The van der Waals surface area contributed by atoms with E-state index < -0.39 is 6.10 Å². The summed E-state index contributed by atoms with van der Waals surface area (Å²) in [6.45, 7) is 5.79. The predicted octanol–water partition coefficient (Wildman–Crippen LogP) is 9.77. The smallest absolute Gasteiger partial charge is 0.128 e. The van der Waals surface area contributed by atoms with Gasteiger partial charge in [0, 0.05) is 35.2 Å². The highest BCUT2D eigenvalue weighted by Gasteiger charge is 2.24. The first kappa shape index (κ1) is 33.0. The lowest BCUT2D eigenvalue weighted by molar-refractivity contribution is 0.190. The van der Waals surface area contributed by atoms with Crippen LogP contribution in [0.1, 0.15) is 90.4 Å². The van der Waals surface area contributed by atoms with Gasteiger partial charge in [-0.1, -0.05) is 67.6 Å². The van der Waals surface area contributed by atoms with Crippen LogP contribution in [0.15, 0.2) is 84.9 Å². The Balaban J connectivity index is 0.000000154. The minimum Gasteiger partial charge on any atom is -0.496 e. The Morgan fingerprint density at radius 1 is 0.633 bits per heavy atom. The van der Waals surface area contributed by atoms with Crippen LogP contribution in [0.3, 0.4) is 0 Å². The van der Waals surface area contributed by atoms with Crippen LogP contribution in [0, 0.1) is 0 Å². The summed E-state index contributed by atoms with van der Waals surface area (Å²) >= 11 is 0. The van der Waals surface area contributed by atoms with Crippen LogP contribution in [0.4, 0.5) is 0 Å². The molecule has 0 radical (unpaired) electrons. The van der Waals surface area contributed by atoms with Crippen LogP contribution in [0.2, 0.25) is 0 Å². The second kappa shape index (κ2) is 14.6. The van der Waals surface area contributed by atoms with Gasteiger partial charge in [-0.05, 0) is 122 Å². The van der Waals surface area contributed by atoms with Gasteiger partial charge in [0.05, 0.1) is 31.4 Å². The van der Waals surface area contributed by atoms with Gasteiger partial charge in [-0.2, -0.15) is 0 Å². The average Bonchev–Trinajstić information content (AvgIpc) is 3.71. The molecule has 0 amide bonds. The lowest BCUT2D eigenvalue weighted by Gasteiger charge is -2.21. The Kier molecular flexibility index (Phi) is 9.81. The molecule has 0 fully saturated rings. The summed E-state index contributed by atoms with van der Waals surface area (Å²) in [5.41, 5.74) is 13.5. The predicted molar refractivity (Wildman–Crippen MR) is 201 cm³/mol. The van der Waals surface area contributed by atoms with Crippen molar-refractivity contribution in [2.75, 3.05) is 14.2 Å². The first-order valence-electron chi connectivity index (χ1n) is 18.2. The lowest BCUT2D eigenvalue weighted by atomic mass is 9.89. The van der Waals surface area contributed by atoms with E-state index >= 15 is 0 Å². The van der Waals surface area contributed by atoms with Gasteiger partial charge in [-0.15, -0.1) is 0 Å². The molecule has 4 aromatic carbocycles. The van der Waals surface area contributed by atoms with Gasteiger partial charge >= 0.3 is 0 Å². The summed E-state index contributed by atoms with van der Waals surface area (Å²) in [4.78, 5) is 0. The number of hydrogen-bond donors (Lipinski definition) is 1. The molecule has 0 bridgehead atoms. The number of benzene rings is 4. The van der Waals surface area contributed by atoms with Gasteiger partial charge < -0.3 is 23.7 Å². The molecule has 0 saturated carbocycles. The molecule has 2 aliphatic carbocycles. The first-order chi connectivity index (χ1) is 24.0. The largest absolute Gasteiger partial charge is 0.496 e. The molecule has 8 rings (SSSR count). The van der Waals surface area contributed by atoms with Crippen LogP contribution in [0.25, 0.3) is 21.8 Å². The van der Waals surface area contributed by atoms with Crippen LogP contribution in [-0.2, 0) is 45.2 Å². The second-order valence-electron chi connectivity index (χ2n) is 13.7. The fraction of sp³-hybridized carbons (Fsp3) is 0.364. The fourth-order valence-electron chi connectivity index (χ4n) is 8.25. The van der Waals surface area contributed by atoms with Crippen LogP contribution >= 0.6 is 0 Å². The summed E-state index contributed by atoms with van der Waals surface area (Å²) in [6.07, 6.45) is 10.2. The maximum Gasteiger partial charge on any atom is 0.128 e. The maximum absolute atomic E-state index is 10.4. The average molecular weight is 655 g/mol. The van der Waals surface area contributed by atoms with Crippen molar-refractivity contribution in [3.63, 3.8) is 0 Å². The number of methoxy groups -OCH3 is 2. The van der Waals surface area contributed by atoms with E-state index in [-0.39, 0.29) is 0 Å². The summed E-state index contributed by atoms with van der Waals surface area (Å²) in [5, 5.41) is 12.8. The highest BCUT2D eigenvalue weighted by molar-refractivity contribution is 5.92. The molecule has 5 heteroatoms. The Hall–Kier alpha value is -4.48. The first-order valence-corrected chi connectivity index (χ1v) is 18.2. The Morgan fingerprint density at radius 2 is 1.10 bits per heavy atom.